The molecule has 1 aromatic carbocycles. The van der Waals surface area contributed by atoms with E-state index in [0.29, 0.717) is 23.7 Å². The Bertz CT molecular complexity index is 783. The number of nitrogens with zero attached hydrogens (tertiary/aromatic N) is 2. The first kappa shape index (κ1) is 17.7. The Kier molecular flexibility index (Phi) is 4.27. The van der Waals surface area contributed by atoms with E-state index in [9.17, 15) is 9.90 Å². The maximum Gasteiger partial charge on any atom is 0.322 e. The molecule has 0 saturated carbocycles. The summed E-state index contributed by atoms with van der Waals surface area (Å²) in [5.41, 5.74) is 1.03. The van der Waals surface area contributed by atoms with Crippen LogP contribution >= 0.6 is 0 Å². The average Bonchev–Trinajstić information content (AvgIpc) is 3.12. The molecule has 25 heavy (non-hydrogen) atoms. The summed E-state index contributed by atoms with van der Waals surface area (Å²) in [6.07, 6.45) is 1.72. The van der Waals surface area contributed by atoms with Gasteiger partial charge in [0, 0.05) is 17.6 Å². The van der Waals surface area contributed by atoms with Gasteiger partial charge in [-0.25, -0.2) is 9.78 Å². The normalized spacial score (nSPS) is 18.8. The number of fused-ring (bicyclic) bond motifs is 1. The van der Waals surface area contributed by atoms with Crippen LogP contribution in [0.3, 0.4) is 0 Å². The molecule has 1 aliphatic heterocycles. The van der Waals surface area contributed by atoms with Crippen LogP contribution in [0, 0.1) is 0 Å². The van der Waals surface area contributed by atoms with Crippen molar-refractivity contribution in [1.29, 1.82) is 0 Å². The zero-order valence-electron chi connectivity index (χ0n) is 15.6. The second kappa shape index (κ2) is 6.02. The summed E-state index contributed by atoms with van der Waals surface area (Å²) in [5.74, 6) is 0.674. The minimum Gasteiger partial charge on any atom is -0.440 e. The van der Waals surface area contributed by atoms with Crippen LogP contribution in [0.1, 0.15) is 53.4 Å². The molecule has 1 atom stereocenters. The Balaban J connectivity index is 1.79. The molecule has 136 valence electrons. The average molecular weight is 345 g/mol. The number of amides is 2. The predicted molar refractivity (Wildman–Crippen MR) is 97.8 cm³/mol. The van der Waals surface area contributed by atoms with Crippen LogP contribution < -0.4 is 5.32 Å². The summed E-state index contributed by atoms with van der Waals surface area (Å²) in [5, 5.41) is 13.2. The number of urea groups is 1. The van der Waals surface area contributed by atoms with Crippen LogP contribution in [0.4, 0.5) is 10.5 Å². The Morgan fingerprint density at radius 2 is 2.04 bits per heavy atom. The number of oxazole rings is 1. The summed E-state index contributed by atoms with van der Waals surface area (Å²) in [6.45, 7) is 10.3. The van der Waals surface area contributed by atoms with Crippen molar-refractivity contribution in [3.63, 3.8) is 0 Å². The fraction of sp³-hybridized carbons (Fsp3) is 0.579. The molecule has 6 nitrogen and oxygen atoms in total. The quantitative estimate of drug-likeness (QED) is 0.865. The Hall–Kier alpha value is -2.08. The second-order valence-corrected chi connectivity index (χ2v) is 8.39. The summed E-state index contributed by atoms with van der Waals surface area (Å²) in [4.78, 5) is 18.9. The van der Waals surface area contributed by atoms with Crippen LogP contribution in [0.25, 0.3) is 11.1 Å². The molecule has 2 N–H and O–H groups in total. The van der Waals surface area contributed by atoms with Crippen LogP contribution in [-0.4, -0.2) is 39.2 Å². The Morgan fingerprint density at radius 3 is 2.68 bits per heavy atom. The molecule has 6 heteroatoms. The monoisotopic (exact) mass is 345 g/mol. The first-order valence-electron chi connectivity index (χ1n) is 8.77. The Labute approximate surface area is 148 Å². The molecule has 0 aliphatic carbocycles. The Morgan fingerprint density at radius 1 is 1.32 bits per heavy atom. The van der Waals surface area contributed by atoms with Crippen LogP contribution in [0.2, 0.25) is 0 Å². The molecule has 1 unspecified atom stereocenters. The highest BCUT2D eigenvalue weighted by Crippen LogP contribution is 2.29. The number of anilines is 1. The number of hydrogen-bond donors (Lipinski definition) is 2. The lowest BCUT2D eigenvalue weighted by Gasteiger charge is -2.33. The maximum absolute atomic E-state index is 12.6. The number of aromatic nitrogens is 1. The smallest absolute Gasteiger partial charge is 0.322 e. The standard InChI is InChI=1S/C19H27N3O3/c1-18(2,3)16-21-13-11-12(8-9-14(13)25-16)20-17(23)22-10-6-7-15(22)19(4,5)24/h8-9,11,15,24H,6-7,10H2,1-5H3,(H,20,23). The number of aliphatic hydroxyl groups is 1. The highest BCUT2D eigenvalue weighted by molar-refractivity contribution is 5.92. The number of likely N-dealkylation sites (tertiary alicyclic amines) is 1. The van der Waals surface area contributed by atoms with Gasteiger partial charge in [-0.05, 0) is 44.9 Å². The number of nitrogens with one attached hydrogen (secondary N) is 1. The van der Waals surface area contributed by atoms with E-state index in [1.807, 2.05) is 39.0 Å². The summed E-state index contributed by atoms with van der Waals surface area (Å²) in [6, 6.07) is 5.10. The summed E-state index contributed by atoms with van der Waals surface area (Å²) < 4.78 is 5.79. The number of hydrogen-bond acceptors (Lipinski definition) is 4. The lowest BCUT2D eigenvalue weighted by molar-refractivity contribution is 0.0117. The maximum atomic E-state index is 12.6. The van der Waals surface area contributed by atoms with Crippen molar-refractivity contribution < 1.29 is 14.3 Å². The molecule has 1 saturated heterocycles. The number of benzene rings is 1. The molecule has 2 aromatic rings. The second-order valence-electron chi connectivity index (χ2n) is 8.39. The topological polar surface area (TPSA) is 78.6 Å². The van der Waals surface area contributed by atoms with Crippen molar-refractivity contribution >= 4 is 22.8 Å². The predicted octanol–water partition coefficient (Wildman–Crippen LogP) is 3.89. The van der Waals surface area contributed by atoms with Crippen molar-refractivity contribution in [2.75, 3.05) is 11.9 Å². The number of rotatable bonds is 2. The van der Waals surface area contributed by atoms with Gasteiger partial charge in [0.05, 0.1) is 11.6 Å². The third kappa shape index (κ3) is 3.63. The van der Waals surface area contributed by atoms with E-state index in [-0.39, 0.29) is 17.5 Å². The van der Waals surface area contributed by atoms with E-state index in [1.54, 1.807) is 18.7 Å². The molecule has 0 radical (unpaired) electrons. The summed E-state index contributed by atoms with van der Waals surface area (Å²) in [7, 11) is 0. The van der Waals surface area contributed by atoms with E-state index in [0.717, 1.165) is 18.4 Å². The van der Waals surface area contributed by atoms with Gasteiger partial charge in [0.1, 0.15) is 5.52 Å². The molecule has 2 amide bonds. The summed E-state index contributed by atoms with van der Waals surface area (Å²) >= 11 is 0. The van der Waals surface area contributed by atoms with E-state index in [1.165, 1.54) is 0 Å². The molecule has 3 rings (SSSR count). The zero-order valence-corrected chi connectivity index (χ0v) is 15.6. The molecular weight excluding hydrogens is 318 g/mol. The van der Waals surface area contributed by atoms with Gasteiger partial charge < -0.3 is 19.7 Å². The minimum atomic E-state index is -0.911. The highest BCUT2D eigenvalue weighted by atomic mass is 16.3. The van der Waals surface area contributed by atoms with Gasteiger partial charge in [0.2, 0.25) is 5.89 Å². The number of carbonyl (C=O) groups excluding carboxylic acids is 1. The molecule has 1 fully saturated rings. The van der Waals surface area contributed by atoms with Crippen LogP contribution in [-0.2, 0) is 5.41 Å². The zero-order chi connectivity index (χ0) is 18.4. The highest BCUT2D eigenvalue weighted by Gasteiger charge is 2.38. The van der Waals surface area contributed by atoms with Gasteiger partial charge in [-0.3, -0.25) is 0 Å². The lowest BCUT2D eigenvalue weighted by atomic mass is 9.97. The SMILES string of the molecule is CC(C)(C)c1nc2cc(NC(=O)N3CCCC3C(C)(C)O)ccc2o1. The number of carbonyl (C=O) groups is 1. The van der Waals surface area contributed by atoms with Crippen LogP contribution in [0.5, 0.6) is 0 Å². The fourth-order valence-corrected chi connectivity index (χ4v) is 3.27. The lowest BCUT2D eigenvalue weighted by Crippen LogP contribution is -2.49. The van der Waals surface area contributed by atoms with E-state index in [2.05, 4.69) is 10.3 Å². The molecule has 1 aliphatic rings. The van der Waals surface area contributed by atoms with Gasteiger partial charge in [-0.2, -0.15) is 0 Å². The fourth-order valence-electron chi connectivity index (χ4n) is 3.27. The van der Waals surface area contributed by atoms with Gasteiger partial charge in [0.25, 0.3) is 0 Å². The minimum absolute atomic E-state index is 0.169. The largest absolute Gasteiger partial charge is 0.440 e. The molecule has 2 heterocycles. The van der Waals surface area contributed by atoms with E-state index >= 15 is 0 Å². The molecule has 0 bridgehead atoms. The first-order chi connectivity index (χ1) is 11.6. The first-order valence-corrected chi connectivity index (χ1v) is 8.77. The third-order valence-corrected chi connectivity index (χ3v) is 4.61. The molecular formula is C19H27N3O3. The van der Waals surface area contributed by atoms with Crippen molar-refractivity contribution in [3.8, 4) is 0 Å². The van der Waals surface area contributed by atoms with Crippen molar-refractivity contribution in [2.24, 2.45) is 0 Å². The van der Waals surface area contributed by atoms with Crippen molar-refractivity contribution in [2.45, 2.75) is 64.5 Å². The van der Waals surface area contributed by atoms with Crippen molar-refractivity contribution in [1.82, 2.24) is 9.88 Å². The van der Waals surface area contributed by atoms with E-state index < -0.39 is 5.60 Å². The van der Waals surface area contributed by atoms with Crippen molar-refractivity contribution in [3.05, 3.63) is 24.1 Å². The van der Waals surface area contributed by atoms with E-state index in [4.69, 9.17) is 4.42 Å². The molecule has 1 aromatic heterocycles. The van der Waals surface area contributed by atoms with Gasteiger partial charge >= 0.3 is 6.03 Å². The van der Waals surface area contributed by atoms with Gasteiger partial charge in [-0.15, -0.1) is 0 Å². The van der Waals surface area contributed by atoms with Gasteiger partial charge in [-0.1, -0.05) is 20.8 Å². The third-order valence-electron chi connectivity index (χ3n) is 4.61. The molecule has 0 spiro atoms. The van der Waals surface area contributed by atoms with Crippen LogP contribution in [0.15, 0.2) is 22.6 Å². The van der Waals surface area contributed by atoms with Gasteiger partial charge in [0.15, 0.2) is 5.58 Å².